The maximum atomic E-state index is 12.0. The van der Waals surface area contributed by atoms with Gasteiger partial charge in [0.25, 0.3) is 5.91 Å². The minimum absolute atomic E-state index is 0.128. The Morgan fingerprint density at radius 2 is 1.97 bits per heavy atom. The van der Waals surface area contributed by atoms with Gasteiger partial charge in [0.2, 0.25) is 11.8 Å². The molecule has 1 amide bonds. The first-order chi connectivity index (χ1) is 18.1. The number of aliphatic imine (C=N–C) groups is 1. The van der Waals surface area contributed by atoms with Crippen molar-refractivity contribution in [2.45, 2.75) is 38.2 Å². The molecule has 1 aliphatic heterocycles. The fourth-order valence-corrected chi connectivity index (χ4v) is 5.02. The molecule has 3 heterocycles. The maximum absolute atomic E-state index is 12.0. The number of aromatic nitrogens is 3. The normalized spacial score (nSPS) is 14.6. The number of amides is 1. The van der Waals surface area contributed by atoms with Crippen LogP contribution in [0.2, 0.25) is 0 Å². The number of rotatable bonds is 7. The van der Waals surface area contributed by atoms with Crippen LogP contribution in [0.15, 0.2) is 47.6 Å². The Bertz CT molecular complexity index is 1520. The lowest BCUT2D eigenvalue weighted by Gasteiger charge is -2.16. The van der Waals surface area contributed by atoms with Crippen LogP contribution in [0.25, 0.3) is 22.2 Å². The molecule has 37 heavy (non-hydrogen) atoms. The molecular weight excluding hydrogens is 468 g/mol. The van der Waals surface area contributed by atoms with Crippen LogP contribution in [0.4, 0.5) is 17.3 Å². The molecule has 9 nitrogen and oxygen atoms in total. The second kappa shape index (κ2) is 9.57. The largest absolute Gasteiger partial charge is 0.495 e. The summed E-state index contributed by atoms with van der Waals surface area (Å²) in [5.41, 5.74) is 6.12. The molecule has 2 aromatic heterocycles. The van der Waals surface area contributed by atoms with E-state index >= 15 is 0 Å². The third-order valence-electron chi connectivity index (χ3n) is 6.95. The lowest BCUT2D eigenvalue weighted by Crippen LogP contribution is -2.17. The van der Waals surface area contributed by atoms with Crippen molar-refractivity contribution in [3.8, 4) is 22.8 Å². The van der Waals surface area contributed by atoms with E-state index in [-0.39, 0.29) is 12.0 Å². The molecule has 0 bridgehead atoms. The van der Waals surface area contributed by atoms with Gasteiger partial charge in [0, 0.05) is 37.0 Å². The molecule has 188 valence electrons. The molecule has 6 rings (SSSR count). The molecule has 1 saturated carbocycles. The zero-order valence-electron chi connectivity index (χ0n) is 20.8. The Morgan fingerprint density at radius 1 is 1.11 bits per heavy atom. The number of fused-ring (bicyclic) bond motifs is 2. The van der Waals surface area contributed by atoms with Gasteiger partial charge in [-0.3, -0.25) is 9.79 Å². The van der Waals surface area contributed by atoms with Crippen LogP contribution in [0.5, 0.6) is 11.6 Å². The second-order valence-corrected chi connectivity index (χ2v) is 9.28. The molecule has 3 N–H and O–H groups in total. The molecule has 4 aromatic rings. The van der Waals surface area contributed by atoms with Crippen molar-refractivity contribution in [2.75, 3.05) is 19.5 Å². The van der Waals surface area contributed by atoms with Gasteiger partial charge in [0.1, 0.15) is 17.5 Å². The zero-order valence-corrected chi connectivity index (χ0v) is 20.8. The molecule has 0 atom stereocenters. The number of carbonyl (C=O) groups excluding carboxylic acids is 1. The minimum atomic E-state index is -0.188. The van der Waals surface area contributed by atoms with E-state index in [0.29, 0.717) is 34.5 Å². The van der Waals surface area contributed by atoms with E-state index in [1.165, 1.54) is 5.56 Å². The average molecular weight is 497 g/mol. The number of nitrogens with one attached hydrogen (secondary N) is 3. The van der Waals surface area contributed by atoms with E-state index in [0.717, 1.165) is 54.3 Å². The van der Waals surface area contributed by atoms with Crippen LogP contribution in [0, 0.1) is 0 Å². The lowest BCUT2D eigenvalue weighted by atomic mass is 10.0. The third-order valence-corrected chi connectivity index (χ3v) is 6.95. The number of hydrogen-bond donors (Lipinski definition) is 3. The van der Waals surface area contributed by atoms with Crippen molar-refractivity contribution in [3.63, 3.8) is 0 Å². The summed E-state index contributed by atoms with van der Waals surface area (Å²) in [6.07, 6.45) is 9.20. The number of anilines is 2. The van der Waals surface area contributed by atoms with Crippen LogP contribution >= 0.6 is 0 Å². The minimum Gasteiger partial charge on any atom is -0.495 e. The molecule has 0 unspecified atom stereocenters. The first kappa shape index (κ1) is 23.0. The van der Waals surface area contributed by atoms with Gasteiger partial charge < -0.3 is 25.1 Å². The number of nitrogens with zero attached hydrogens (tertiary/aromatic N) is 3. The predicted molar refractivity (Wildman–Crippen MR) is 144 cm³/mol. The molecular formula is C28H28N6O3. The van der Waals surface area contributed by atoms with Crippen molar-refractivity contribution >= 4 is 40.5 Å². The SMILES string of the molecule is CNC(=O)c1ccc(Nc2nc(OC3CCCC3)c3c(-c4ccc5c(c4)CC=N5)c[nH]c3n2)c(OC)c1. The summed E-state index contributed by atoms with van der Waals surface area (Å²) in [6.45, 7) is 0. The highest BCUT2D eigenvalue weighted by Crippen LogP contribution is 2.39. The molecule has 0 radical (unpaired) electrons. The van der Waals surface area contributed by atoms with Crippen LogP contribution < -0.4 is 20.1 Å². The number of ether oxygens (including phenoxy) is 2. The van der Waals surface area contributed by atoms with Crippen molar-refractivity contribution in [3.05, 3.63) is 53.7 Å². The number of benzene rings is 2. The Labute approximate surface area is 214 Å². The summed E-state index contributed by atoms with van der Waals surface area (Å²) in [7, 11) is 3.16. The van der Waals surface area contributed by atoms with Crippen LogP contribution in [-0.2, 0) is 6.42 Å². The summed E-state index contributed by atoms with van der Waals surface area (Å²) >= 11 is 0. The highest BCUT2D eigenvalue weighted by Gasteiger charge is 2.23. The number of methoxy groups -OCH3 is 1. The van der Waals surface area contributed by atoms with Crippen molar-refractivity contribution in [1.82, 2.24) is 20.3 Å². The van der Waals surface area contributed by atoms with E-state index in [9.17, 15) is 4.79 Å². The standard InChI is InChI=1S/C28H28N6O3/c1-29-26(35)18-8-10-22(23(14-18)36-2)32-28-33-25-24(27(34-28)37-19-5-3-4-6-19)20(15-31-25)16-7-9-21-17(13-16)11-12-30-21/h7-10,12-15,19H,3-6,11H2,1-2H3,(H,29,35)(H2,31,32,33,34). The maximum Gasteiger partial charge on any atom is 0.251 e. The number of H-pyrrole nitrogens is 1. The van der Waals surface area contributed by atoms with Gasteiger partial charge in [-0.05, 0) is 67.1 Å². The molecule has 1 fully saturated rings. The van der Waals surface area contributed by atoms with Gasteiger partial charge in [-0.15, -0.1) is 0 Å². The van der Waals surface area contributed by atoms with Gasteiger partial charge in [0.15, 0.2) is 0 Å². The summed E-state index contributed by atoms with van der Waals surface area (Å²) in [5, 5.41) is 6.74. The van der Waals surface area contributed by atoms with E-state index in [1.54, 1.807) is 32.4 Å². The van der Waals surface area contributed by atoms with Gasteiger partial charge in [-0.2, -0.15) is 9.97 Å². The highest BCUT2D eigenvalue weighted by molar-refractivity contribution is 5.99. The first-order valence-electron chi connectivity index (χ1n) is 12.5. The summed E-state index contributed by atoms with van der Waals surface area (Å²) in [5.74, 6) is 1.25. The third kappa shape index (κ3) is 4.37. The topological polar surface area (TPSA) is 114 Å². The van der Waals surface area contributed by atoms with E-state index in [4.69, 9.17) is 19.4 Å². The van der Waals surface area contributed by atoms with Crippen molar-refractivity contribution in [1.29, 1.82) is 0 Å². The van der Waals surface area contributed by atoms with E-state index in [2.05, 4.69) is 38.8 Å². The second-order valence-electron chi connectivity index (χ2n) is 9.28. The van der Waals surface area contributed by atoms with E-state index < -0.39 is 0 Å². The van der Waals surface area contributed by atoms with Gasteiger partial charge in [-0.1, -0.05) is 6.07 Å². The highest BCUT2D eigenvalue weighted by atomic mass is 16.5. The molecule has 2 aromatic carbocycles. The molecule has 0 saturated heterocycles. The number of aromatic amines is 1. The smallest absolute Gasteiger partial charge is 0.251 e. The summed E-state index contributed by atoms with van der Waals surface area (Å²) in [4.78, 5) is 29.4. The van der Waals surface area contributed by atoms with Gasteiger partial charge in [0.05, 0.1) is 23.9 Å². The Kier molecular flexibility index (Phi) is 5.96. The molecule has 2 aliphatic rings. The van der Waals surface area contributed by atoms with Gasteiger partial charge >= 0.3 is 0 Å². The van der Waals surface area contributed by atoms with E-state index in [1.807, 2.05) is 12.4 Å². The van der Waals surface area contributed by atoms with Crippen LogP contribution in [-0.4, -0.2) is 47.3 Å². The summed E-state index contributed by atoms with van der Waals surface area (Å²) < 4.78 is 12.0. The molecule has 9 heteroatoms. The Morgan fingerprint density at radius 3 is 2.78 bits per heavy atom. The monoisotopic (exact) mass is 496 g/mol. The van der Waals surface area contributed by atoms with Crippen LogP contribution in [0.1, 0.15) is 41.6 Å². The Balaban J connectivity index is 1.40. The molecule has 1 aliphatic carbocycles. The van der Waals surface area contributed by atoms with Crippen LogP contribution in [0.3, 0.4) is 0 Å². The Hall–Kier alpha value is -4.40. The fraction of sp³-hybridized carbons (Fsp3) is 0.286. The quantitative estimate of drug-likeness (QED) is 0.319. The van der Waals surface area contributed by atoms with Gasteiger partial charge in [-0.25, -0.2) is 0 Å². The summed E-state index contributed by atoms with van der Waals surface area (Å²) in [6, 6.07) is 11.5. The van der Waals surface area contributed by atoms with Crippen molar-refractivity contribution in [2.24, 2.45) is 4.99 Å². The predicted octanol–water partition coefficient (Wildman–Crippen LogP) is 5.32. The number of hydrogen-bond acceptors (Lipinski definition) is 7. The van der Waals surface area contributed by atoms with Crippen molar-refractivity contribution < 1.29 is 14.3 Å². The zero-order chi connectivity index (χ0) is 25.4. The number of carbonyl (C=O) groups is 1. The average Bonchev–Trinajstić information content (AvgIpc) is 3.69. The first-order valence-corrected chi connectivity index (χ1v) is 12.5. The molecule has 0 spiro atoms. The fourth-order valence-electron chi connectivity index (χ4n) is 5.02. The lowest BCUT2D eigenvalue weighted by molar-refractivity contribution is 0.0962.